The first kappa shape index (κ1) is 17.9. The summed E-state index contributed by atoms with van der Waals surface area (Å²) in [5.74, 6) is 0. The fourth-order valence-corrected chi connectivity index (χ4v) is 5.42. The zero-order valence-corrected chi connectivity index (χ0v) is 16.2. The van der Waals surface area contributed by atoms with Crippen LogP contribution in [0.4, 0.5) is 5.69 Å². The van der Waals surface area contributed by atoms with E-state index in [-0.39, 0.29) is 0 Å². The minimum absolute atomic E-state index is 0.319. The molecule has 2 heterocycles. The van der Waals surface area contributed by atoms with Gasteiger partial charge in [0.2, 0.25) is 9.84 Å². The smallest absolute Gasteiger partial charge is 0.207 e. The lowest BCUT2D eigenvalue weighted by Gasteiger charge is -2.30. The number of anilines is 1. The number of pyridine rings is 1. The number of piperazine rings is 1. The predicted octanol–water partition coefficient (Wildman–Crippen LogP) is 3.04. The van der Waals surface area contributed by atoms with Crippen molar-refractivity contribution >= 4 is 26.4 Å². The summed E-state index contributed by atoms with van der Waals surface area (Å²) in [5.41, 5.74) is 2.51. The lowest BCUT2D eigenvalue weighted by molar-refractivity contribution is 0.590. The third-order valence-corrected chi connectivity index (χ3v) is 6.97. The van der Waals surface area contributed by atoms with Crippen LogP contribution in [0.2, 0.25) is 0 Å². The van der Waals surface area contributed by atoms with E-state index in [1.54, 1.807) is 30.5 Å². The molecule has 1 aliphatic heterocycles. The van der Waals surface area contributed by atoms with Gasteiger partial charge in [0.25, 0.3) is 0 Å². The van der Waals surface area contributed by atoms with E-state index in [1.165, 1.54) is 0 Å². The van der Waals surface area contributed by atoms with Gasteiger partial charge in [-0.2, -0.15) is 0 Å². The molecule has 4 rings (SSSR count). The highest BCUT2D eigenvalue weighted by Gasteiger charge is 2.25. The van der Waals surface area contributed by atoms with Gasteiger partial charge in [0, 0.05) is 37.8 Å². The number of aryl methyl sites for hydroxylation is 1. The van der Waals surface area contributed by atoms with Crippen molar-refractivity contribution in [3.8, 4) is 0 Å². The Bertz CT molecular complexity index is 1060. The SMILES string of the molecule is CCc1cnc2c(N3CCNCC3)cccc2c1S(=O)(=O)c1ccccc1. The summed E-state index contributed by atoms with van der Waals surface area (Å²) < 4.78 is 26.9. The zero-order chi connectivity index (χ0) is 18.9. The first-order valence-corrected chi connectivity index (χ1v) is 10.8. The molecule has 27 heavy (non-hydrogen) atoms. The van der Waals surface area contributed by atoms with E-state index in [9.17, 15) is 8.42 Å². The second kappa shape index (κ2) is 7.29. The van der Waals surface area contributed by atoms with Crippen LogP contribution in [0.3, 0.4) is 0 Å². The van der Waals surface area contributed by atoms with Crippen LogP contribution in [0, 0.1) is 0 Å². The molecule has 0 atom stereocenters. The van der Waals surface area contributed by atoms with Gasteiger partial charge in [-0.05, 0) is 30.2 Å². The number of fused-ring (bicyclic) bond motifs is 1. The number of aromatic nitrogens is 1. The van der Waals surface area contributed by atoms with Gasteiger partial charge in [-0.1, -0.05) is 37.3 Å². The van der Waals surface area contributed by atoms with Crippen molar-refractivity contribution in [2.24, 2.45) is 0 Å². The fraction of sp³-hybridized carbons (Fsp3) is 0.286. The molecule has 1 N–H and O–H groups in total. The van der Waals surface area contributed by atoms with Crippen LogP contribution in [-0.2, 0) is 16.3 Å². The standard InChI is InChI=1S/C21H23N3O2S/c1-2-16-15-23-20-18(9-6-10-19(20)24-13-11-22-12-14-24)21(16)27(25,26)17-7-4-3-5-8-17/h3-10,15,22H,2,11-14H2,1H3. The number of hydrogen-bond acceptors (Lipinski definition) is 5. The van der Waals surface area contributed by atoms with Crippen molar-refractivity contribution in [2.45, 2.75) is 23.1 Å². The number of nitrogens with zero attached hydrogens (tertiary/aromatic N) is 2. The van der Waals surface area contributed by atoms with Crippen molar-refractivity contribution in [3.63, 3.8) is 0 Å². The van der Waals surface area contributed by atoms with Gasteiger partial charge in [-0.25, -0.2) is 8.42 Å². The van der Waals surface area contributed by atoms with E-state index < -0.39 is 9.84 Å². The number of benzene rings is 2. The lowest BCUT2D eigenvalue weighted by Crippen LogP contribution is -2.43. The van der Waals surface area contributed by atoms with Gasteiger partial charge in [0.15, 0.2) is 0 Å². The van der Waals surface area contributed by atoms with Gasteiger partial charge in [0.05, 0.1) is 21.0 Å². The first-order valence-electron chi connectivity index (χ1n) is 9.29. The molecule has 0 spiro atoms. The van der Waals surface area contributed by atoms with Crippen molar-refractivity contribution in [1.29, 1.82) is 0 Å². The maximum absolute atomic E-state index is 13.5. The summed E-state index contributed by atoms with van der Waals surface area (Å²) >= 11 is 0. The molecule has 6 heteroatoms. The van der Waals surface area contributed by atoms with Crippen molar-refractivity contribution in [1.82, 2.24) is 10.3 Å². The maximum Gasteiger partial charge on any atom is 0.207 e. The van der Waals surface area contributed by atoms with Gasteiger partial charge in [0.1, 0.15) is 0 Å². The first-order chi connectivity index (χ1) is 13.1. The summed E-state index contributed by atoms with van der Waals surface area (Å²) in [4.78, 5) is 7.65. The molecule has 3 aromatic rings. The van der Waals surface area contributed by atoms with Gasteiger partial charge in [-0.3, -0.25) is 4.98 Å². The summed E-state index contributed by atoms with van der Waals surface area (Å²) in [6, 6.07) is 14.5. The quantitative estimate of drug-likeness (QED) is 0.753. The molecule has 2 aromatic carbocycles. The topological polar surface area (TPSA) is 62.3 Å². The Morgan fingerprint density at radius 2 is 1.78 bits per heavy atom. The molecular weight excluding hydrogens is 358 g/mol. The lowest BCUT2D eigenvalue weighted by atomic mass is 10.1. The molecule has 0 aliphatic carbocycles. The molecule has 1 aromatic heterocycles. The highest BCUT2D eigenvalue weighted by atomic mass is 32.2. The molecular formula is C21H23N3O2S. The summed E-state index contributed by atoms with van der Waals surface area (Å²) in [7, 11) is -3.63. The number of sulfone groups is 1. The normalized spacial score (nSPS) is 15.2. The molecule has 0 unspecified atom stereocenters. The molecule has 140 valence electrons. The molecule has 1 saturated heterocycles. The van der Waals surface area contributed by atoms with Crippen molar-refractivity contribution in [3.05, 3.63) is 60.3 Å². The van der Waals surface area contributed by atoms with E-state index in [0.717, 1.165) is 42.9 Å². The number of para-hydroxylation sites is 1. The molecule has 0 amide bonds. The Balaban J connectivity index is 1.97. The van der Waals surface area contributed by atoms with Crippen LogP contribution in [0.15, 0.2) is 64.5 Å². The largest absolute Gasteiger partial charge is 0.367 e. The summed E-state index contributed by atoms with van der Waals surface area (Å²) in [6.07, 6.45) is 2.34. The van der Waals surface area contributed by atoms with E-state index in [0.29, 0.717) is 21.6 Å². The highest BCUT2D eigenvalue weighted by Crippen LogP contribution is 2.34. The van der Waals surface area contributed by atoms with E-state index in [1.807, 2.05) is 31.2 Å². The number of hydrogen-bond donors (Lipinski definition) is 1. The molecule has 0 saturated carbocycles. The van der Waals surface area contributed by atoms with Gasteiger partial charge >= 0.3 is 0 Å². The minimum Gasteiger partial charge on any atom is -0.367 e. The van der Waals surface area contributed by atoms with Crippen LogP contribution in [0.1, 0.15) is 12.5 Å². The third kappa shape index (κ3) is 3.19. The Morgan fingerprint density at radius 3 is 2.48 bits per heavy atom. The Morgan fingerprint density at radius 1 is 1.04 bits per heavy atom. The van der Waals surface area contributed by atoms with Crippen LogP contribution >= 0.6 is 0 Å². The third-order valence-electron chi connectivity index (χ3n) is 5.06. The highest BCUT2D eigenvalue weighted by molar-refractivity contribution is 7.91. The maximum atomic E-state index is 13.5. The molecule has 1 fully saturated rings. The van der Waals surface area contributed by atoms with Gasteiger partial charge < -0.3 is 10.2 Å². The van der Waals surface area contributed by atoms with Crippen molar-refractivity contribution in [2.75, 3.05) is 31.1 Å². The van der Waals surface area contributed by atoms with Crippen LogP contribution in [0.25, 0.3) is 10.9 Å². The summed E-state index contributed by atoms with van der Waals surface area (Å²) in [5, 5.41) is 4.05. The Hall–Kier alpha value is -2.44. The van der Waals surface area contributed by atoms with Gasteiger partial charge in [-0.15, -0.1) is 0 Å². The second-order valence-corrected chi connectivity index (χ2v) is 8.58. The van der Waals surface area contributed by atoms with Crippen LogP contribution in [0.5, 0.6) is 0 Å². The fourth-order valence-electron chi connectivity index (χ4n) is 3.67. The summed E-state index contributed by atoms with van der Waals surface area (Å²) in [6.45, 7) is 5.57. The predicted molar refractivity (Wildman–Crippen MR) is 108 cm³/mol. The minimum atomic E-state index is -3.63. The second-order valence-electron chi connectivity index (χ2n) is 6.69. The molecule has 1 aliphatic rings. The number of nitrogens with one attached hydrogen (secondary N) is 1. The molecule has 0 radical (unpaired) electrons. The Labute approximate surface area is 160 Å². The monoisotopic (exact) mass is 381 g/mol. The number of rotatable bonds is 4. The molecule has 0 bridgehead atoms. The average molecular weight is 382 g/mol. The zero-order valence-electron chi connectivity index (χ0n) is 15.4. The van der Waals surface area contributed by atoms with Crippen molar-refractivity contribution < 1.29 is 8.42 Å². The van der Waals surface area contributed by atoms with E-state index in [2.05, 4.69) is 15.2 Å². The molecule has 5 nitrogen and oxygen atoms in total. The van der Waals surface area contributed by atoms with E-state index in [4.69, 9.17) is 0 Å². The van der Waals surface area contributed by atoms with E-state index >= 15 is 0 Å². The average Bonchev–Trinajstić information content (AvgIpc) is 2.73. The van der Waals surface area contributed by atoms with Crippen LogP contribution in [-0.4, -0.2) is 39.6 Å². The van der Waals surface area contributed by atoms with Crippen LogP contribution < -0.4 is 10.2 Å². The Kier molecular flexibility index (Phi) is 4.85.